The van der Waals surface area contributed by atoms with Crippen molar-refractivity contribution in [1.29, 1.82) is 0 Å². The highest BCUT2D eigenvalue weighted by Gasteiger charge is 2.42. The van der Waals surface area contributed by atoms with Gasteiger partial charge in [0.05, 0.1) is 12.2 Å². The molecule has 2 heterocycles. The van der Waals surface area contributed by atoms with Crippen molar-refractivity contribution in [2.75, 3.05) is 32.8 Å². The molecule has 88 valence electrons. The number of ether oxygens (including phenoxy) is 1. The number of hydrogen-bond donors (Lipinski definition) is 1. The van der Waals surface area contributed by atoms with E-state index in [1.807, 2.05) is 0 Å². The van der Waals surface area contributed by atoms with E-state index in [2.05, 4.69) is 24.1 Å². The average molecular weight is 212 g/mol. The van der Waals surface area contributed by atoms with Gasteiger partial charge in [-0.1, -0.05) is 13.8 Å². The van der Waals surface area contributed by atoms with E-state index in [0.29, 0.717) is 6.04 Å². The lowest BCUT2D eigenvalue weighted by Gasteiger charge is -2.33. The Balaban J connectivity index is 1.92. The highest BCUT2D eigenvalue weighted by atomic mass is 16.5. The van der Waals surface area contributed by atoms with Gasteiger partial charge in [-0.3, -0.25) is 4.90 Å². The van der Waals surface area contributed by atoms with E-state index in [1.54, 1.807) is 0 Å². The van der Waals surface area contributed by atoms with E-state index in [-0.39, 0.29) is 5.60 Å². The van der Waals surface area contributed by atoms with Gasteiger partial charge >= 0.3 is 0 Å². The van der Waals surface area contributed by atoms with Crippen molar-refractivity contribution in [3.63, 3.8) is 0 Å². The summed E-state index contributed by atoms with van der Waals surface area (Å²) < 4.78 is 6.10. The minimum Gasteiger partial charge on any atom is -0.373 e. The topological polar surface area (TPSA) is 24.5 Å². The molecule has 0 aliphatic carbocycles. The van der Waals surface area contributed by atoms with E-state index < -0.39 is 0 Å². The molecule has 0 saturated carbocycles. The maximum atomic E-state index is 6.10. The third-order valence-corrected chi connectivity index (χ3v) is 4.03. The lowest BCUT2D eigenvalue weighted by Crippen LogP contribution is -2.43. The molecule has 2 fully saturated rings. The van der Waals surface area contributed by atoms with Crippen LogP contribution in [0.1, 0.15) is 33.1 Å². The van der Waals surface area contributed by atoms with Crippen LogP contribution in [-0.4, -0.2) is 49.3 Å². The Morgan fingerprint density at radius 2 is 1.93 bits per heavy atom. The Labute approximate surface area is 93.2 Å². The predicted octanol–water partition coefficient (Wildman–Crippen LogP) is 1.24. The lowest BCUT2D eigenvalue weighted by molar-refractivity contribution is -0.0201. The molecule has 1 N–H and O–H groups in total. The fourth-order valence-corrected chi connectivity index (χ4v) is 3.03. The van der Waals surface area contributed by atoms with Crippen LogP contribution in [0.15, 0.2) is 0 Å². The molecule has 0 aromatic carbocycles. The van der Waals surface area contributed by atoms with Gasteiger partial charge in [-0.05, 0) is 45.4 Å². The average Bonchev–Trinajstić information content (AvgIpc) is 2.65. The van der Waals surface area contributed by atoms with E-state index in [4.69, 9.17) is 4.74 Å². The molecule has 3 heteroatoms. The number of likely N-dealkylation sites (N-methyl/N-ethyl adjacent to an activating group) is 1. The molecule has 2 aliphatic rings. The Morgan fingerprint density at radius 1 is 1.27 bits per heavy atom. The fraction of sp³-hybridized carbons (Fsp3) is 1.00. The number of hydrogen-bond acceptors (Lipinski definition) is 3. The number of nitrogens with one attached hydrogen (secondary N) is 1. The predicted molar refractivity (Wildman–Crippen MR) is 62.1 cm³/mol. The summed E-state index contributed by atoms with van der Waals surface area (Å²) in [5.41, 5.74) is 0.221. The van der Waals surface area contributed by atoms with Crippen molar-refractivity contribution in [3.05, 3.63) is 0 Å². The zero-order valence-corrected chi connectivity index (χ0v) is 10.1. The van der Waals surface area contributed by atoms with Gasteiger partial charge in [0.1, 0.15) is 0 Å². The Kier molecular flexibility index (Phi) is 3.65. The third kappa shape index (κ3) is 2.35. The molecule has 3 nitrogen and oxygen atoms in total. The molecule has 0 aromatic heterocycles. The minimum absolute atomic E-state index is 0.221. The van der Waals surface area contributed by atoms with Crippen LogP contribution >= 0.6 is 0 Å². The first kappa shape index (κ1) is 11.4. The van der Waals surface area contributed by atoms with Crippen molar-refractivity contribution < 1.29 is 4.74 Å². The lowest BCUT2D eigenvalue weighted by atomic mass is 9.88. The van der Waals surface area contributed by atoms with Gasteiger partial charge in [0.15, 0.2) is 0 Å². The minimum atomic E-state index is 0.221. The summed E-state index contributed by atoms with van der Waals surface area (Å²) in [7, 11) is 0. The fourth-order valence-electron chi connectivity index (χ4n) is 3.03. The summed E-state index contributed by atoms with van der Waals surface area (Å²) in [4.78, 5) is 2.54. The van der Waals surface area contributed by atoms with Crippen molar-refractivity contribution in [3.8, 4) is 0 Å². The van der Waals surface area contributed by atoms with Crippen LogP contribution in [0.3, 0.4) is 0 Å². The van der Waals surface area contributed by atoms with Gasteiger partial charge in [0.2, 0.25) is 0 Å². The van der Waals surface area contributed by atoms with Crippen LogP contribution in [0.4, 0.5) is 0 Å². The van der Waals surface area contributed by atoms with Crippen molar-refractivity contribution in [2.45, 2.75) is 44.8 Å². The third-order valence-electron chi connectivity index (χ3n) is 4.03. The van der Waals surface area contributed by atoms with E-state index >= 15 is 0 Å². The Morgan fingerprint density at radius 3 is 2.53 bits per heavy atom. The summed E-state index contributed by atoms with van der Waals surface area (Å²) >= 11 is 0. The Bertz CT molecular complexity index is 198. The second-order valence-electron chi connectivity index (χ2n) is 4.82. The number of rotatable bonds is 3. The second-order valence-corrected chi connectivity index (χ2v) is 4.82. The summed E-state index contributed by atoms with van der Waals surface area (Å²) in [6, 6.07) is 0.665. The maximum absolute atomic E-state index is 6.10. The highest BCUT2D eigenvalue weighted by Crippen LogP contribution is 2.35. The molecule has 0 amide bonds. The maximum Gasteiger partial charge on any atom is 0.0723 e. The van der Waals surface area contributed by atoms with Gasteiger partial charge in [-0.25, -0.2) is 0 Å². The second kappa shape index (κ2) is 4.81. The van der Waals surface area contributed by atoms with Crippen LogP contribution in [0.5, 0.6) is 0 Å². The molecule has 0 radical (unpaired) electrons. The van der Waals surface area contributed by atoms with Crippen LogP contribution in [0.25, 0.3) is 0 Å². The molecular weight excluding hydrogens is 188 g/mol. The molecule has 1 spiro atoms. The molecule has 1 atom stereocenters. The van der Waals surface area contributed by atoms with Crippen molar-refractivity contribution in [2.24, 2.45) is 0 Å². The summed E-state index contributed by atoms with van der Waals surface area (Å²) in [5, 5.41) is 3.41. The molecule has 1 unspecified atom stereocenters. The van der Waals surface area contributed by atoms with Gasteiger partial charge in [-0.15, -0.1) is 0 Å². The van der Waals surface area contributed by atoms with E-state index in [0.717, 1.165) is 32.8 Å². The SMILES string of the molecule is CCN(CC)C1COC2(CCNCC2)C1. The smallest absolute Gasteiger partial charge is 0.0723 e. The normalized spacial score (nSPS) is 30.2. The Hall–Kier alpha value is -0.120. The zero-order valence-electron chi connectivity index (χ0n) is 10.1. The standard InChI is InChI=1S/C12H24N2O/c1-3-14(4-2)11-9-12(15-10-11)5-7-13-8-6-12/h11,13H,3-10H2,1-2H3. The first-order valence-corrected chi connectivity index (χ1v) is 6.38. The molecule has 15 heavy (non-hydrogen) atoms. The number of piperidine rings is 1. The summed E-state index contributed by atoms with van der Waals surface area (Å²) in [6.07, 6.45) is 3.64. The first-order chi connectivity index (χ1) is 7.29. The zero-order chi connectivity index (χ0) is 10.7. The first-order valence-electron chi connectivity index (χ1n) is 6.38. The largest absolute Gasteiger partial charge is 0.373 e. The molecular formula is C12H24N2O. The van der Waals surface area contributed by atoms with Crippen LogP contribution in [0.2, 0.25) is 0 Å². The highest BCUT2D eigenvalue weighted by molar-refractivity contribution is 4.95. The van der Waals surface area contributed by atoms with Crippen molar-refractivity contribution in [1.82, 2.24) is 10.2 Å². The van der Waals surface area contributed by atoms with Gasteiger partial charge in [0, 0.05) is 6.04 Å². The van der Waals surface area contributed by atoms with Crippen LogP contribution < -0.4 is 5.32 Å². The van der Waals surface area contributed by atoms with Crippen LogP contribution in [-0.2, 0) is 4.74 Å². The molecule has 2 rings (SSSR count). The number of nitrogens with zero attached hydrogens (tertiary/aromatic N) is 1. The van der Waals surface area contributed by atoms with Crippen LogP contribution in [0, 0.1) is 0 Å². The summed E-state index contributed by atoms with van der Waals surface area (Å²) in [5.74, 6) is 0. The van der Waals surface area contributed by atoms with E-state index in [9.17, 15) is 0 Å². The van der Waals surface area contributed by atoms with Gasteiger partial charge in [-0.2, -0.15) is 0 Å². The molecule has 0 aromatic rings. The monoisotopic (exact) mass is 212 g/mol. The van der Waals surface area contributed by atoms with Gasteiger partial charge < -0.3 is 10.1 Å². The van der Waals surface area contributed by atoms with E-state index in [1.165, 1.54) is 19.3 Å². The molecule has 0 bridgehead atoms. The quantitative estimate of drug-likeness (QED) is 0.762. The summed E-state index contributed by atoms with van der Waals surface area (Å²) in [6.45, 7) is 10.0. The molecule has 2 aliphatic heterocycles. The molecule has 2 saturated heterocycles. The van der Waals surface area contributed by atoms with Gasteiger partial charge in [0.25, 0.3) is 0 Å². The van der Waals surface area contributed by atoms with Crippen molar-refractivity contribution >= 4 is 0 Å².